The van der Waals surface area contributed by atoms with Gasteiger partial charge in [-0.2, -0.15) is 0 Å². The van der Waals surface area contributed by atoms with Gasteiger partial charge in [-0.3, -0.25) is 9.59 Å². The number of aromatic nitrogens is 1. The minimum absolute atomic E-state index is 0.188. The third-order valence-electron chi connectivity index (χ3n) is 4.86. The minimum atomic E-state index is -0.303. The Balaban J connectivity index is 1.52. The SMILES string of the molecule is C[C@H](NC(=O)c1cc2ccccc2c(=O)[nH]1)c1ccc(-c2ccccc2)cc1. The van der Waals surface area contributed by atoms with E-state index in [0.29, 0.717) is 5.39 Å². The number of benzene rings is 3. The highest BCUT2D eigenvalue weighted by atomic mass is 16.2. The molecule has 1 aromatic heterocycles. The van der Waals surface area contributed by atoms with E-state index in [1.165, 1.54) is 0 Å². The highest BCUT2D eigenvalue weighted by Crippen LogP contribution is 2.22. The van der Waals surface area contributed by atoms with Crippen molar-refractivity contribution in [2.75, 3.05) is 0 Å². The van der Waals surface area contributed by atoms with Gasteiger partial charge in [-0.05, 0) is 41.1 Å². The number of nitrogens with one attached hydrogen (secondary N) is 2. The smallest absolute Gasteiger partial charge is 0.268 e. The maximum Gasteiger partial charge on any atom is 0.268 e. The van der Waals surface area contributed by atoms with Crippen LogP contribution in [0, 0.1) is 0 Å². The van der Waals surface area contributed by atoms with Crippen molar-refractivity contribution in [1.29, 1.82) is 0 Å². The lowest BCUT2D eigenvalue weighted by Gasteiger charge is -2.15. The van der Waals surface area contributed by atoms with Crippen molar-refractivity contribution < 1.29 is 4.79 Å². The lowest BCUT2D eigenvalue weighted by molar-refractivity contribution is 0.0935. The van der Waals surface area contributed by atoms with Crippen LogP contribution in [-0.2, 0) is 0 Å². The van der Waals surface area contributed by atoms with Gasteiger partial charge in [0.25, 0.3) is 11.5 Å². The molecule has 4 heteroatoms. The van der Waals surface area contributed by atoms with Crippen LogP contribution in [0.4, 0.5) is 0 Å². The van der Waals surface area contributed by atoms with Crippen LogP contribution in [0.3, 0.4) is 0 Å². The highest BCUT2D eigenvalue weighted by molar-refractivity contribution is 5.96. The second kappa shape index (κ2) is 7.53. The summed E-state index contributed by atoms with van der Waals surface area (Å²) in [5.74, 6) is -0.303. The molecule has 0 aliphatic heterocycles. The van der Waals surface area contributed by atoms with E-state index >= 15 is 0 Å². The first kappa shape index (κ1) is 17.7. The first-order chi connectivity index (χ1) is 13.6. The van der Waals surface area contributed by atoms with Crippen molar-refractivity contribution in [1.82, 2.24) is 10.3 Å². The molecule has 0 fully saturated rings. The second-order valence-electron chi connectivity index (χ2n) is 6.78. The van der Waals surface area contributed by atoms with Crippen LogP contribution in [0.15, 0.2) is 89.7 Å². The Morgan fingerprint density at radius 3 is 2.25 bits per heavy atom. The molecule has 3 aromatic carbocycles. The van der Waals surface area contributed by atoms with E-state index in [1.54, 1.807) is 18.2 Å². The van der Waals surface area contributed by atoms with Gasteiger partial charge in [-0.1, -0.05) is 72.8 Å². The van der Waals surface area contributed by atoms with E-state index in [4.69, 9.17) is 0 Å². The molecule has 1 atom stereocenters. The fourth-order valence-corrected chi connectivity index (χ4v) is 3.29. The van der Waals surface area contributed by atoms with Gasteiger partial charge in [0.05, 0.1) is 6.04 Å². The molecule has 1 amide bonds. The van der Waals surface area contributed by atoms with Crippen LogP contribution < -0.4 is 10.9 Å². The molecular weight excluding hydrogens is 348 g/mol. The van der Waals surface area contributed by atoms with Crippen LogP contribution in [0.5, 0.6) is 0 Å². The summed E-state index contributed by atoms with van der Waals surface area (Å²) in [5.41, 5.74) is 3.27. The first-order valence-electron chi connectivity index (χ1n) is 9.20. The quantitative estimate of drug-likeness (QED) is 0.549. The van der Waals surface area contributed by atoms with Gasteiger partial charge in [0, 0.05) is 5.39 Å². The van der Waals surface area contributed by atoms with Gasteiger partial charge in [0.15, 0.2) is 0 Å². The van der Waals surface area contributed by atoms with Crippen LogP contribution in [0.1, 0.15) is 29.0 Å². The van der Waals surface area contributed by atoms with Crippen molar-refractivity contribution in [3.8, 4) is 11.1 Å². The number of rotatable bonds is 4. The maximum atomic E-state index is 12.6. The summed E-state index contributed by atoms with van der Waals surface area (Å²) >= 11 is 0. The Morgan fingerprint density at radius 2 is 1.50 bits per heavy atom. The van der Waals surface area contributed by atoms with Gasteiger partial charge < -0.3 is 10.3 Å². The molecule has 4 rings (SSSR count). The zero-order valence-corrected chi connectivity index (χ0v) is 15.5. The maximum absolute atomic E-state index is 12.6. The number of aromatic amines is 1. The van der Waals surface area contributed by atoms with Gasteiger partial charge in [-0.25, -0.2) is 0 Å². The van der Waals surface area contributed by atoms with Gasteiger partial charge in [0.1, 0.15) is 5.69 Å². The summed E-state index contributed by atoms with van der Waals surface area (Å²) in [6.07, 6.45) is 0. The van der Waals surface area contributed by atoms with Crippen LogP contribution in [0.2, 0.25) is 0 Å². The molecule has 4 nitrogen and oxygen atoms in total. The topological polar surface area (TPSA) is 62.0 Å². The van der Waals surface area contributed by atoms with Gasteiger partial charge in [-0.15, -0.1) is 0 Å². The number of amides is 1. The highest BCUT2D eigenvalue weighted by Gasteiger charge is 2.14. The summed E-state index contributed by atoms with van der Waals surface area (Å²) in [6, 6.07) is 27.0. The Morgan fingerprint density at radius 1 is 0.857 bits per heavy atom. The number of fused-ring (bicyclic) bond motifs is 1. The average Bonchev–Trinajstić information content (AvgIpc) is 2.74. The summed E-state index contributed by atoms with van der Waals surface area (Å²) in [5, 5.41) is 4.27. The molecule has 0 aliphatic rings. The molecule has 0 spiro atoms. The van der Waals surface area contributed by atoms with Crippen LogP contribution in [-0.4, -0.2) is 10.9 Å². The summed E-state index contributed by atoms with van der Waals surface area (Å²) in [7, 11) is 0. The number of H-pyrrole nitrogens is 1. The van der Waals surface area contributed by atoms with Gasteiger partial charge in [0.2, 0.25) is 0 Å². The normalized spacial score (nSPS) is 11.9. The lowest BCUT2D eigenvalue weighted by Crippen LogP contribution is -2.29. The van der Waals surface area contributed by atoms with Crippen molar-refractivity contribution >= 4 is 16.7 Å². The van der Waals surface area contributed by atoms with E-state index in [-0.39, 0.29) is 23.2 Å². The van der Waals surface area contributed by atoms with Crippen molar-refractivity contribution in [2.45, 2.75) is 13.0 Å². The molecule has 1 heterocycles. The molecule has 4 aromatic rings. The largest absolute Gasteiger partial charge is 0.344 e. The third-order valence-corrected chi connectivity index (χ3v) is 4.86. The zero-order chi connectivity index (χ0) is 19.5. The molecule has 2 N–H and O–H groups in total. The Kier molecular flexibility index (Phi) is 4.77. The molecule has 0 aliphatic carbocycles. The predicted molar refractivity (Wildman–Crippen MR) is 112 cm³/mol. The number of hydrogen-bond acceptors (Lipinski definition) is 2. The van der Waals surface area contributed by atoms with Crippen LogP contribution >= 0.6 is 0 Å². The fraction of sp³-hybridized carbons (Fsp3) is 0.0833. The Bertz CT molecular complexity index is 1180. The van der Waals surface area contributed by atoms with Gasteiger partial charge >= 0.3 is 0 Å². The van der Waals surface area contributed by atoms with E-state index in [1.807, 2.05) is 61.5 Å². The molecule has 0 bridgehead atoms. The average molecular weight is 368 g/mol. The van der Waals surface area contributed by atoms with Crippen molar-refractivity contribution in [3.63, 3.8) is 0 Å². The summed E-state index contributed by atoms with van der Waals surface area (Å²) in [6.45, 7) is 1.93. The zero-order valence-electron chi connectivity index (χ0n) is 15.5. The van der Waals surface area contributed by atoms with Crippen molar-refractivity contribution in [3.05, 3.63) is 107 Å². The summed E-state index contributed by atoms with van der Waals surface area (Å²) < 4.78 is 0. The van der Waals surface area contributed by atoms with Crippen molar-refractivity contribution in [2.24, 2.45) is 0 Å². The summed E-state index contributed by atoms with van der Waals surface area (Å²) in [4.78, 5) is 27.5. The van der Waals surface area contributed by atoms with E-state index in [2.05, 4.69) is 22.4 Å². The fourth-order valence-electron chi connectivity index (χ4n) is 3.29. The number of hydrogen-bond donors (Lipinski definition) is 2. The number of carbonyl (C=O) groups is 1. The molecule has 0 saturated carbocycles. The third kappa shape index (κ3) is 3.58. The molecule has 28 heavy (non-hydrogen) atoms. The Hall–Kier alpha value is -3.66. The molecular formula is C24H20N2O2. The monoisotopic (exact) mass is 368 g/mol. The van der Waals surface area contributed by atoms with Crippen LogP contribution in [0.25, 0.3) is 21.9 Å². The van der Waals surface area contributed by atoms with E-state index in [0.717, 1.165) is 22.1 Å². The first-order valence-corrected chi connectivity index (χ1v) is 9.20. The second-order valence-corrected chi connectivity index (χ2v) is 6.78. The Labute approximate surface area is 162 Å². The molecule has 138 valence electrons. The predicted octanol–water partition coefficient (Wildman–Crippen LogP) is 4.69. The van der Waals surface area contributed by atoms with E-state index in [9.17, 15) is 9.59 Å². The molecule has 0 saturated heterocycles. The lowest BCUT2D eigenvalue weighted by atomic mass is 10.0. The molecule has 0 radical (unpaired) electrons. The van der Waals surface area contributed by atoms with E-state index < -0.39 is 0 Å². The standard InChI is InChI=1S/C24H20N2O2/c1-16(17-11-13-19(14-12-17)18-7-3-2-4-8-18)25-24(28)22-15-20-9-5-6-10-21(20)23(27)26-22/h2-16H,1H3,(H,25,28)(H,26,27)/t16-/m0/s1. The molecule has 0 unspecified atom stereocenters. The minimum Gasteiger partial charge on any atom is -0.344 e. The number of pyridine rings is 1. The number of carbonyl (C=O) groups excluding carboxylic acids is 1.